The Balaban J connectivity index is 1.84. The van der Waals surface area contributed by atoms with Gasteiger partial charge in [-0.3, -0.25) is 4.68 Å². The summed E-state index contributed by atoms with van der Waals surface area (Å²) in [5, 5.41) is 4.19. The molecule has 2 heterocycles. The monoisotopic (exact) mass is 349 g/mol. The lowest BCUT2D eigenvalue weighted by molar-refractivity contribution is 0.0518. The van der Waals surface area contributed by atoms with E-state index < -0.39 is 16.0 Å². The van der Waals surface area contributed by atoms with Gasteiger partial charge in [-0.1, -0.05) is 17.7 Å². The van der Waals surface area contributed by atoms with Crippen molar-refractivity contribution in [1.82, 2.24) is 14.1 Å². The Morgan fingerprint density at radius 2 is 1.96 bits per heavy atom. The minimum atomic E-state index is -3.57. The number of aryl methyl sites for hydroxylation is 1. The number of benzene rings is 1. The maximum absolute atomic E-state index is 12.8. The molecule has 0 atom stereocenters. The molecule has 0 saturated carbocycles. The molecule has 0 unspecified atom stereocenters. The first kappa shape index (κ1) is 16.7. The van der Waals surface area contributed by atoms with Gasteiger partial charge in [-0.05, 0) is 32.0 Å². The Bertz CT molecular complexity index is 856. The number of rotatable bonds is 4. The molecule has 0 saturated heterocycles. The van der Waals surface area contributed by atoms with Crippen LogP contribution >= 0.6 is 0 Å². The average Bonchev–Trinajstić information content (AvgIpc) is 2.98. The van der Waals surface area contributed by atoms with Crippen molar-refractivity contribution in [3.8, 4) is 0 Å². The maximum atomic E-state index is 12.8. The second kappa shape index (κ2) is 6.37. The van der Waals surface area contributed by atoms with E-state index in [4.69, 9.17) is 4.74 Å². The lowest BCUT2D eigenvalue weighted by Gasteiger charge is -2.26. The number of nitrogens with zero attached hydrogens (tertiary/aromatic N) is 3. The molecule has 1 aliphatic rings. The highest BCUT2D eigenvalue weighted by molar-refractivity contribution is 7.89. The number of ether oxygens (including phenoxy) is 1. The molecule has 24 heavy (non-hydrogen) atoms. The van der Waals surface area contributed by atoms with Crippen LogP contribution in [0.15, 0.2) is 35.2 Å². The molecule has 0 N–H and O–H groups in total. The molecule has 128 valence electrons. The molecule has 1 aliphatic heterocycles. The molecule has 0 radical (unpaired) electrons. The van der Waals surface area contributed by atoms with E-state index in [2.05, 4.69) is 5.10 Å². The molecule has 8 heteroatoms. The van der Waals surface area contributed by atoms with Gasteiger partial charge in [0.2, 0.25) is 10.0 Å². The molecule has 0 spiro atoms. The van der Waals surface area contributed by atoms with E-state index in [1.807, 2.05) is 6.92 Å². The number of aromatic nitrogens is 2. The lowest BCUT2D eigenvalue weighted by Crippen LogP contribution is -2.38. The highest BCUT2D eigenvalue weighted by atomic mass is 32.2. The van der Waals surface area contributed by atoms with Crippen molar-refractivity contribution < 1.29 is 17.9 Å². The maximum Gasteiger partial charge on any atom is 0.358 e. The lowest BCUT2D eigenvalue weighted by atomic mass is 10.2. The van der Waals surface area contributed by atoms with E-state index in [0.717, 1.165) is 5.56 Å². The fourth-order valence-corrected chi connectivity index (χ4v) is 4.01. The summed E-state index contributed by atoms with van der Waals surface area (Å²) in [7, 11) is -3.57. The normalized spacial score (nSPS) is 15.1. The largest absolute Gasteiger partial charge is 0.461 e. The number of hydrogen-bond acceptors (Lipinski definition) is 5. The van der Waals surface area contributed by atoms with Crippen LogP contribution in [-0.4, -0.2) is 41.6 Å². The van der Waals surface area contributed by atoms with E-state index in [-0.39, 0.29) is 23.7 Å². The smallest absolute Gasteiger partial charge is 0.358 e. The van der Waals surface area contributed by atoms with Crippen LogP contribution in [0.1, 0.15) is 28.7 Å². The van der Waals surface area contributed by atoms with Gasteiger partial charge in [0, 0.05) is 6.54 Å². The Labute approximate surface area is 140 Å². The zero-order valence-corrected chi connectivity index (χ0v) is 14.4. The van der Waals surface area contributed by atoms with Crippen molar-refractivity contribution in [2.75, 3.05) is 13.2 Å². The van der Waals surface area contributed by atoms with E-state index in [9.17, 15) is 13.2 Å². The van der Waals surface area contributed by atoms with Gasteiger partial charge in [-0.25, -0.2) is 13.2 Å². The van der Waals surface area contributed by atoms with Crippen molar-refractivity contribution in [2.45, 2.75) is 31.8 Å². The van der Waals surface area contributed by atoms with Crippen molar-refractivity contribution >= 4 is 16.0 Å². The molecule has 0 amide bonds. The third-order valence-electron chi connectivity index (χ3n) is 3.91. The highest BCUT2D eigenvalue weighted by Gasteiger charge is 2.30. The molecule has 0 fully saturated rings. The van der Waals surface area contributed by atoms with Gasteiger partial charge in [0.05, 0.1) is 30.3 Å². The predicted molar refractivity (Wildman–Crippen MR) is 87.0 cm³/mol. The van der Waals surface area contributed by atoms with Gasteiger partial charge in [-0.15, -0.1) is 0 Å². The van der Waals surface area contributed by atoms with Crippen LogP contribution in [0.4, 0.5) is 0 Å². The zero-order chi connectivity index (χ0) is 17.3. The molecular weight excluding hydrogens is 330 g/mol. The summed E-state index contributed by atoms with van der Waals surface area (Å²) < 4.78 is 33.5. The molecule has 2 aromatic rings. The summed E-state index contributed by atoms with van der Waals surface area (Å²) in [6, 6.07) is 8.37. The van der Waals surface area contributed by atoms with Crippen LogP contribution < -0.4 is 0 Å². The number of carbonyl (C=O) groups excluding carboxylic acids is 1. The van der Waals surface area contributed by atoms with E-state index in [1.54, 1.807) is 41.9 Å². The van der Waals surface area contributed by atoms with Gasteiger partial charge in [0.25, 0.3) is 0 Å². The Morgan fingerprint density at radius 3 is 2.62 bits per heavy atom. The fraction of sp³-hybridized carbons (Fsp3) is 0.375. The van der Waals surface area contributed by atoms with Crippen LogP contribution in [0.5, 0.6) is 0 Å². The Hall–Kier alpha value is -2.19. The van der Waals surface area contributed by atoms with Crippen molar-refractivity contribution in [2.24, 2.45) is 0 Å². The van der Waals surface area contributed by atoms with Gasteiger partial charge >= 0.3 is 5.97 Å². The molecule has 0 bridgehead atoms. The van der Waals surface area contributed by atoms with Gasteiger partial charge in [0.1, 0.15) is 0 Å². The van der Waals surface area contributed by atoms with Crippen molar-refractivity contribution in [1.29, 1.82) is 0 Å². The van der Waals surface area contributed by atoms with E-state index in [1.165, 1.54) is 4.31 Å². The summed E-state index contributed by atoms with van der Waals surface area (Å²) in [6.07, 6.45) is 0. The van der Waals surface area contributed by atoms with Crippen LogP contribution in [0.25, 0.3) is 0 Å². The second-order valence-electron chi connectivity index (χ2n) is 5.62. The first-order chi connectivity index (χ1) is 11.4. The second-order valence-corrected chi connectivity index (χ2v) is 7.55. The first-order valence-corrected chi connectivity index (χ1v) is 9.16. The summed E-state index contributed by atoms with van der Waals surface area (Å²) in [5.74, 6) is -0.493. The minimum absolute atomic E-state index is 0.183. The van der Waals surface area contributed by atoms with Crippen LogP contribution in [-0.2, 0) is 27.8 Å². The van der Waals surface area contributed by atoms with E-state index >= 15 is 0 Å². The molecule has 3 rings (SSSR count). The standard InChI is InChI=1S/C16H19N3O4S/c1-3-23-16(20)15-10-13-11-18(8-9-19(13)17-15)24(21,22)14-6-4-12(2)5-7-14/h4-7,10H,3,8-9,11H2,1-2H3. The summed E-state index contributed by atoms with van der Waals surface area (Å²) in [4.78, 5) is 12.0. The van der Waals surface area contributed by atoms with E-state index in [0.29, 0.717) is 18.8 Å². The first-order valence-electron chi connectivity index (χ1n) is 7.72. The molecule has 0 aliphatic carbocycles. The summed E-state index contributed by atoms with van der Waals surface area (Å²) >= 11 is 0. The van der Waals surface area contributed by atoms with Crippen LogP contribution in [0.2, 0.25) is 0 Å². The Morgan fingerprint density at radius 1 is 1.25 bits per heavy atom. The summed E-state index contributed by atoms with van der Waals surface area (Å²) in [5.41, 5.74) is 1.89. The van der Waals surface area contributed by atoms with Gasteiger partial charge < -0.3 is 4.74 Å². The van der Waals surface area contributed by atoms with Crippen LogP contribution in [0, 0.1) is 6.92 Å². The molecular formula is C16H19N3O4S. The van der Waals surface area contributed by atoms with Crippen molar-refractivity contribution in [3.63, 3.8) is 0 Å². The SMILES string of the molecule is CCOC(=O)c1cc2n(n1)CCN(S(=O)(=O)c1ccc(C)cc1)C2. The molecule has 7 nitrogen and oxygen atoms in total. The quantitative estimate of drug-likeness (QED) is 0.783. The number of sulfonamides is 1. The molecule has 1 aromatic carbocycles. The average molecular weight is 349 g/mol. The molecule has 1 aromatic heterocycles. The van der Waals surface area contributed by atoms with Crippen molar-refractivity contribution in [3.05, 3.63) is 47.3 Å². The predicted octanol–water partition coefficient (Wildman–Crippen LogP) is 1.57. The number of esters is 1. The van der Waals surface area contributed by atoms with Gasteiger partial charge in [-0.2, -0.15) is 9.40 Å². The van der Waals surface area contributed by atoms with Crippen LogP contribution in [0.3, 0.4) is 0 Å². The Kier molecular flexibility index (Phi) is 4.42. The fourth-order valence-electron chi connectivity index (χ4n) is 2.61. The number of fused-ring (bicyclic) bond motifs is 1. The number of hydrogen-bond donors (Lipinski definition) is 0. The summed E-state index contributed by atoms with van der Waals surface area (Å²) in [6.45, 7) is 4.81. The number of carbonyl (C=O) groups is 1. The highest BCUT2D eigenvalue weighted by Crippen LogP contribution is 2.22. The third kappa shape index (κ3) is 3.07. The third-order valence-corrected chi connectivity index (χ3v) is 5.77. The van der Waals surface area contributed by atoms with Gasteiger partial charge in [0.15, 0.2) is 5.69 Å². The minimum Gasteiger partial charge on any atom is -0.461 e. The topological polar surface area (TPSA) is 81.5 Å². The zero-order valence-electron chi connectivity index (χ0n) is 13.6.